The second-order valence-corrected chi connectivity index (χ2v) is 6.21. The Morgan fingerprint density at radius 1 is 1.18 bits per heavy atom. The second-order valence-electron chi connectivity index (χ2n) is 6.21. The zero-order valence-corrected chi connectivity index (χ0v) is 12.6. The number of carbonyl (C=O) groups is 1. The molecule has 1 atom stereocenters. The molecule has 5 heteroatoms. The van der Waals surface area contributed by atoms with Crippen LogP contribution in [0.4, 0.5) is 0 Å². The number of imidazole rings is 1. The molecule has 1 saturated carbocycles. The Balaban J connectivity index is 1.60. The summed E-state index contributed by atoms with van der Waals surface area (Å²) in [5, 5.41) is 0. The van der Waals surface area contributed by atoms with E-state index >= 15 is 0 Å². The monoisotopic (exact) mass is 296 g/mol. The molecule has 22 heavy (non-hydrogen) atoms. The maximum Gasteiger partial charge on any atom is 0.226 e. The summed E-state index contributed by atoms with van der Waals surface area (Å²) in [4.78, 5) is 23.5. The lowest BCUT2D eigenvalue weighted by Gasteiger charge is -2.32. The van der Waals surface area contributed by atoms with Gasteiger partial charge in [0.15, 0.2) is 0 Å². The number of aromatic nitrogens is 3. The van der Waals surface area contributed by atoms with Gasteiger partial charge in [-0.15, -0.1) is 0 Å². The lowest BCUT2D eigenvalue weighted by molar-refractivity contribution is -0.139. The summed E-state index contributed by atoms with van der Waals surface area (Å²) in [6, 6.07) is 6.16. The van der Waals surface area contributed by atoms with Crippen molar-refractivity contribution >= 4 is 5.91 Å². The van der Waals surface area contributed by atoms with Crippen molar-refractivity contribution < 1.29 is 4.79 Å². The third-order valence-electron chi connectivity index (χ3n) is 4.86. The molecule has 1 aliphatic carbocycles. The van der Waals surface area contributed by atoms with Crippen molar-refractivity contribution in [3.8, 4) is 5.82 Å². The van der Waals surface area contributed by atoms with Crippen LogP contribution in [0.5, 0.6) is 0 Å². The van der Waals surface area contributed by atoms with Crippen LogP contribution in [0.3, 0.4) is 0 Å². The molecule has 2 aliphatic rings. The zero-order valence-electron chi connectivity index (χ0n) is 12.6. The normalized spacial score (nSPS) is 21.8. The lowest BCUT2D eigenvalue weighted by Crippen LogP contribution is -2.38. The molecule has 1 aliphatic heterocycles. The Morgan fingerprint density at radius 2 is 2.09 bits per heavy atom. The molecule has 4 rings (SSSR count). The summed E-state index contributed by atoms with van der Waals surface area (Å²) >= 11 is 0. The summed E-state index contributed by atoms with van der Waals surface area (Å²) in [6.07, 6.45) is 10.8. The molecule has 0 spiro atoms. The lowest BCUT2D eigenvalue weighted by atomic mass is 9.84. The number of hydrogen-bond acceptors (Lipinski definition) is 3. The van der Waals surface area contributed by atoms with Gasteiger partial charge in [0.25, 0.3) is 0 Å². The predicted octanol–water partition coefficient (Wildman–Crippen LogP) is 2.73. The molecule has 2 aromatic rings. The van der Waals surface area contributed by atoms with E-state index in [1.165, 1.54) is 6.42 Å². The van der Waals surface area contributed by atoms with E-state index in [0.29, 0.717) is 5.91 Å². The molecule has 5 nitrogen and oxygen atoms in total. The van der Waals surface area contributed by atoms with Crippen LogP contribution in [-0.4, -0.2) is 31.9 Å². The first-order valence-electron chi connectivity index (χ1n) is 8.09. The van der Waals surface area contributed by atoms with Crippen molar-refractivity contribution in [3.63, 3.8) is 0 Å². The highest BCUT2D eigenvalue weighted by Gasteiger charge is 2.36. The molecular formula is C17H20N4O. The highest BCUT2D eigenvalue weighted by molar-refractivity contribution is 5.80. The van der Waals surface area contributed by atoms with Gasteiger partial charge in [0.05, 0.1) is 11.7 Å². The van der Waals surface area contributed by atoms with Crippen LogP contribution >= 0.6 is 0 Å². The molecule has 2 fully saturated rings. The van der Waals surface area contributed by atoms with Crippen molar-refractivity contribution in [2.24, 2.45) is 5.92 Å². The largest absolute Gasteiger partial charge is 0.334 e. The summed E-state index contributed by atoms with van der Waals surface area (Å²) < 4.78 is 1.90. The number of pyridine rings is 1. The molecular weight excluding hydrogens is 276 g/mol. The molecule has 114 valence electrons. The minimum atomic E-state index is 0.136. The highest BCUT2D eigenvalue weighted by Crippen LogP contribution is 2.36. The fourth-order valence-corrected chi connectivity index (χ4v) is 3.39. The van der Waals surface area contributed by atoms with Gasteiger partial charge in [0, 0.05) is 24.9 Å². The van der Waals surface area contributed by atoms with Crippen LogP contribution in [0, 0.1) is 5.92 Å². The molecule has 1 amide bonds. The van der Waals surface area contributed by atoms with Gasteiger partial charge in [-0.05, 0) is 37.8 Å². The van der Waals surface area contributed by atoms with E-state index in [-0.39, 0.29) is 12.0 Å². The third kappa shape index (κ3) is 2.30. The summed E-state index contributed by atoms with van der Waals surface area (Å²) in [6.45, 7) is 0.872. The van der Waals surface area contributed by atoms with Crippen molar-refractivity contribution in [2.75, 3.05) is 6.54 Å². The van der Waals surface area contributed by atoms with E-state index in [1.54, 1.807) is 12.5 Å². The van der Waals surface area contributed by atoms with E-state index in [9.17, 15) is 4.79 Å². The Hall–Kier alpha value is -2.17. The molecule has 3 heterocycles. The van der Waals surface area contributed by atoms with E-state index < -0.39 is 0 Å². The van der Waals surface area contributed by atoms with Gasteiger partial charge >= 0.3 is 0 Å². The van der Waals surface area contributed by atoms with Gasteiger partial charge in [-0.3, -0.25) is 9.36 Å². The third-order valence-corrected chi connectivity index (χ3v) is 4.86. The first kappa shape index (κ1) is 13.5. The summed E-state index contributed by atoms with van der Waals surface area (Å²) in [5.74, 6) is 1.46. The van der Waals surface area contributed by atoms with Gasteiger partial charge in [-0.2, -0.15) is 0 Å². The molecule has 0 bridgehead atoms. The standard InChI is InChI=1S/C17H20N4O/c22-17(13-4-1-5-13)21-10-3-7-15(21)14-6-2-8-16(19-14)20-11-9-18-12-20/h2,6,8-9,11-13,15H,1,3-5,7,10H2. The smallest absolute Gasteiger partial charge is 0.226 e. The van der Waals surface area contributed by atoms with Crippen molar-refractivity contribution in [1.29, 1.82) is 0 Å². The minimum absolute atomic E-state index is 0.136. The van der Waals surface area contributed by atoms with Crippen LogP contribution in [0.25, 0.3) is 5.82 Å². The maximum absolute atomic E-state index is 12.6. The van der Waals surface area contributed by atoms with Crippen molar-refractivity contribution in [2.45, 2.75) is 38.1 Å². The van der Waals surface area contributed by atoms with E-state index in [2.05, 4.69) is 9.88 Å². The van der Waals surface area contributed by atoms with Gasteiger partial charge in [0.1, 0.15) is 12.1 Å². The van der Waals surface area contributed by atoms with Crippen LogP contribution in [0.2, 0.25) is 0 Å². The number of nitrogens with zero attached hydrogens (tertiary/aromatic N) is 4. The molecule has 2 aromatic heterocycles. The number of likely N-dealkylation sites (tertiary alicyclic amines) is 1. The number of rotatable bonds is 3. The fraction of sp³-hybridized carbons (Fsp3) is 0.471. The van der Waals surface area contributed by atoms with E-state index in [4.69, 9.17) is 4.98 Å². The van der Waals surface area contributed by atoms with Gasteiger partial charge < -0.3 is 4.90 Å². The summed E-state index contributed by atoms with van der Waals surface area (Å²) in [5.41, 5.74) is 0.997. The minimum Gasteiger partial charge on any atom is -0.334 e. The van der Waals surface area contributed by atoms with Crippen LogP contribution in [0.1, 0.15) is 43.8 Å². The van der Waals surface area contributed by atoms with Crippen molar-refractivity contribution in [3.05, 3.63) is 42.6 Å². The number of amides is 1. The molecule has 1 unspecified atom stereocenters. The SMILES string of the molecule is O=C(C1CCC1)N1CCCC1c1cccc(-n2ccnc2)n1. The first-order valence-corrected chi connectivity index (χ1v) is 8.09. The van der Waals surface area contributed by atoms with Crippen LogP contribution in [0.15, 0.2) is 36.9 Å². The quantitative estimate of drug-likeness (QED) is 0.875. The Labute approximate surface area is 130 Å². The van der Waals surface area contributed by atoms with Gasteiger partial charge in [0.2, 0.25) is 5.91 Å². The van der Waals surface area contributed by atoms with Crippen molar-refractivity contribution in [1.82, 2.24) is 19.4 Å². The molecule has 1 saturated heterocycles. The molecule has 0 aromatic carbocycles. The Kier molecular flexibility index (Phi) is 3.41. The average Bonchev–Trinajstić information content (AvgIpc) is 3.17. The van der Waals surface area contributed by atoms with Gasteiger partial charge in [-0.1, -0.05) is 12.5 Å². The second kappa shape index (κ2) is 5.55. The zero-order chi connectivity index (χ0) is 14.9. The fourth-order valence-electron chi connectivity index (χ4n) is 3.39. The maximum atomic E-state index is 12.6. The van der Waals surface area contributed by atoms with Gasteiger partial charge in [-0.25, -0.2) is 9.97 Å². The topological polar surface area (TPSA) is 51.0 Å². The number of carbonyl (C=O) groups excluding carboxylic acids is 1. The number of hydrogen-bond donors (Lipinski definition) is 0. The average molecular weight is 296 g/mol. The first-order chi connectivity index (χ1) is 10.8. The summed E-state index contributed by atoms with van der Waals surface area (Å²) in [7, 11) is 0. The molecule has 0 radical (unpaired) electrons. The highest BCUT2D eigenvalue weighted by atomic mass is 16.2. The van der Waals surface area contributed by atoms with Crippen LogP contribution in [-0.2, 0) is 4.79 Å². The van der Waals surface area contributed by atoms with E-state index in [1.807, 2.05) is 29.0 Å². The predicted molar refractivity (Wildman–Crippen MR) is 82.4 cm³/mol. The molecule has 0 N–H and O–H groups in total. The Bertz CT molecular complexity index is 663. The Morgan fingerprint density at radius 3 is 2.82 bits per heavy atom. The van der Waals surface area contributed by atoms with E-state index in [0.717, 1.165) is 43.7 Å². The van der Waals surface area contributed by atoms with Crippen LogP contribution < -0.4 is 0 Å².